The van der Waals surface area contributed by atoms with Crippen LogP contribution in [0.2, 0.25) is 5.02 Å². The summed E-state index contributed by atoms with van der Waals surface area (Å²) in [5.41, 5.74) is 1.03. The Morgan fingerprint density at radius 2 is 2.12 bits per heavy atom. The summed E-state index contributed by atoms with van der Waals surface area (Å²) < 4.78 is 10.5. The van der Waals surface area contributed by atoms with E-state index in [0.717, 1.165) is 35.7 Å². The highest BCUT2D eigenvalue weighted by molar-refractivity contribution is 6.31. The van der Waals surface area contributed by atoms with Gasteiger partial charge in [0.1, 0.15) is 5.75 Å². The number of methoxy groups -OCH3 is 2. The van der Waals surface area contributed by atoms with Crippen LogP contribution in [0.15, 0.2) is 18.2 Å². The van der Waals surface area contributed by atoms with Gasteiger partial charge in [0, 0.05) is 30.3 Å². The molecule has 1 fully saturated rings. The zero-order valence-corrected chi connectivity index (χ0v) is 11.0. The largest absolute Gasteiger partial charge is 0.496 e. The van der Waals surface area contributed by atoms with E-state index in [1.807, 2.05) is 18.2 Å². The molecular weight excluding hydrogens is 238 g/mol. The third kappa shape index (κ3) is 2.92. The van der Waals surface area contributed by atoms with Crippen molar-refractivity contribution in [1.29, 1.82) is 0 Å². The Balaban J connectivity index is 1.91. The van der Waals surface area contributed by atoms with Gasteiger partial charge in [-0.05, 0) is 25.0 Å². The molecule has 0 bridgehead atoms. The van der Waals surface area contributed by atoms with Crippen LogP contribution in [0.25, 0.3) is 0 Å². The van der Waals surface area contributed by atoms with Gasteiger partial charge >= 0.3 is 0 Å². The zero-order chi connectivity index (χ0) is 12.3. The molecule has 2 rings (SSSR count). The summed E-state index contributed by atoms with van der Waals surface area (Å²) in [6.45, 7) is 0.740. The van der Waals surface area contributed by atoms with Crippen molar-refractivity contribution >= 4 is 11.6 Å². The summed E-state index contributed by atoms with van der Waals surface area (Å²) >= 11 is 6.16. The molecule has 0 heterocycles. The topological polar surface area (TPSA) is 30.5 Å². The van der Waals surface area contributed by atoms with Crippen molar-refractivity contribution in [3.8, 4) is 5.75 Å². The van der Waals surface area contributed by atoms with Crippen LogP contribution < -0.4 is 10.1 Å². The average Bonchev–Trinajstić information content (AvgIpc) is 2.29. The molecule has 1 aliphatic carbocycles. The number of hydrogen-bond acceptors (Lipinski definition) is 3. The van der Waals surface area contributed by atoms with Crippen molar-refractivity contribution in [2.24, 2.45) is 0 Å². The molecule has 0 amide bonds. The van der Waals surface area contributed by atoms with Crippen molar-refractivity contribution in [1.82, 2.24) is 5.32 Å². The van der Waals surface area contributed by atoms with Gasteiger partial charge in [-0.25, -0.2) is 0 Å². The molecule has 94 valence electrons. The summed E-state index contributed by atoms with van der Waals surface area (Å²) in [5, 5.41) is 4.22. The molecule has 0 spiro atoms. The van der Waals surface area contributed by atoms with Crippen molar-refractivity contribution in [2.75, 3.05) is 14.2 Å². The molecule has 1 saturated carbocycles. The number of halogens is 1. The summed E-state index contributed by atoms with van der Waals surface area (Å²) in [7, 11) is 3.43. The van der Waals surface area contributed by atoms with Crippen molar-refractivity contribution < 1.29 is 9.47 Å². The molecule has 0 aliphatic heterocycles. The fraction of sp³-hybridized carbons (Fsp3) is 0.538. The molecule has 0 radical (unpaired) electrons. The fourth-order valence-corrected chi connectivity index (χ4v) is 2.31. The second-order valence-electron chi connectivity index (χ2n) is 4.33. The smallest absolute Gasteiger partial charge is 0.124 e. The van der Waals surface area contributed by atoms with Crippen LogP contribution in [0.1, 0.15) is 18.4 Å². The van der Waals surface area contributed by atoms with E-state index in [9.17, 15) is 0 Å². The monoisotopic (exact) mass is 255 g/mol. The highest BCUT2D eigenvalue weighted by Gasteiger charge is 2.28. The third-order valence-corrected chi connectivity index (χ3v) is 3.65. The highest BCUT2D eigenvalue weighted by Crippen LogP contribution is 2.28. The molecule has 0 saturated heterocycles. The number of rotatable bonds is 5. The first-order valence-electron chi connectivity index (χ1n) is 5.82. The van der Waals surface area contributed by atoms with Gasteiger partial charge in [-0.1, -0.05) is 17.7 Å². The number of benzene rings is 1. The lowest BCUT2D eigenvalue weighted by molar-refractivity contribution is 0.0169. The van der Waals surface area contributed by atoms with Crippen LogP contribution in [-0.2, 0) is 11.3 Å². The van der Waals surface area contributed by atoms with E-state index in [1.165, 1.54) is 0 Å². The van der Waals surface area contributed by atoms with Gasteiger partial charge in [-0.3, -0.25) is 0 Å². The lowest BCUT2D eigenvalue weighted by atomic mass is 9.89. The van der Waals surface area contributed by atoms with E-state index in [0.29, 0.717) is 12.1 Å². The Labute approximate surface area is 107 Å². The first-order valence-corrected chi connectivity index (χ1v) is 6.20. The second kappa shape index (κ2) is 5.71. The van der Waals surface area contributed by atoms with Crippen LogP contribution in [0, 0.1) is 0 Å². The Kier molecular flexibility index (Phi) is 4.26. The molecule has 3 nitrogen and oxygen atoms in total. The predicted octanol–water partition coefficient (Wildman–Crippen LogP) is 2.62. The summed E-state index contributed by atoms with van der Waals surface area (Å²) in [6, 6.07) is 6.25. The Morgan fingerprint density at radius 1 is 1.35 bits per heavy atom. The maximum atomic E-state index is 6.16. The molecule has 0 atom stereocenters. The molecule has 0 aromatic heterocycles. The molecule has 17 heavy (non-hydrogen) atoms. The quantitative estimate of drug-likeness (QED) is 0.877. The van der Waals surface area contributed by atoms with E-state index in [4.69, 9.17) is 21.1 Å². The first kappa shape index (κ1) is 12.7. The minimum absolute atomic E-state index is 0.417. The molecular formula is C13H18ClNO2. The van der Waals surface area contributed by atoms with Gasteiger partial charge in [0.25, 0.3) is 0 Å². The van der Waals surface area contributed by atoms with Crippen LogP contribution in [0.3, 0.4) is 0 Å². The fourth-order valence-electron chi connectivity index (χ4n) is 2.07. The normalized spacial score (nSPS) is 23.2. The minimum atomic E-state index is 0.417. The zero-order valence-electron chi connectivity index (χ0n) is 10.2. The summed E-state index contributed by atoms with van der Waals surface area (Å²) in [6.07, 6.45) is 2.56. The highest BCUT2D eigenvalue weighted by atomic mass is 35.5. The van der Waals surface area contributed by atoms with E-state index < -0.39 is 0 Å². The van der Waals surface area contributed by atoms with E-state index in [2.05, 4.69) is 5.32 Å². The third-order valence-electron chi connectivity index (χ3n) is 3.29. The summed E-state index contributed by atoms with van der Waals surface area (Å²) in [5.74, 6) is 0.840. The maximum absolute atomic E-state index is 6.16. The molecule has 1 aromatic carbocycles. The van der Waals surface area contributed by atoms with Gasteiger partial charge in [-0.15, -0.1) is 0 Å². The molecule has 1 aromatic rings. The first-order chi connectivity index (χ1) is 8.24. The van der Waals surface area contributed by atoms with Gasteiger partial charge < -0.3 is 14.8 Å². The average molecular weight is 256 g/mol. The van der Waals surface area contributed by atoms with Crippen LogP contribution in [0.5, 0.6) is 5.75 Å². The SMILES string of the molecule is COc1cccc(Cl)c1CNC1CC(OC)C1. The number of hydrogen-bond donors (Lipinski definition) is 1. The van der Waals surface area contributed by atoms with E-state index in [-0.39, 0.29) is 0 Å². The lowest BCUT2D eigenvalue weighted by Gasteiger charge is -2.35. The molecule has 0 unspecified atom stereocenters. The van der Waals surface area contributed by atoms with E-state index in [1.54, 1.807) is 14.2 Å². The minimum Gasteiger partial charge on any atom is -0.496 e. The van der Waals surface area contributed by atoms with E-state index >= 15 is 0 Å². The number of nitrogens with one attached hydrogen (secondary N) is 1. The standard InChI is InChI=1S/C13H18ClNO2/c1-16-10-6-9(7-10)15-8-11-12(14)4-3-5-13(11)17-2/h3-5,9-10,15H,6-8H2,1-2H3. The van der Waals surface area contributed by atoms with Crippen LogP contribution in [0.4, 0.5) is 0 Å². The Morgan fingerprint density at radius 3 is 2.76 bits per heavy atom. The Hall–Kier alpha value is -0.770. The summed E-state index contributed by atoms with van der Waals surface area (Å²) in [4.78, 5) is 0. The van der Waals surface area contributed by atoms with Gasteiger partial charge in [0.05, 0.1) is 13.2 Å². The van der Waals surface area contributed by atoms with Gasteiger partial charge in [0.15, 0.2) is 0 Å². The van der Waals surface area contributed by atoms with Crippen LogP contribution in [-0.4, -0.2) is 26.4 Å². The molecule has 1 aliphatic rings. The van der Waals surface area contributed by atoms with Gasteiger partial charge in [0.2, 0.25) is 0 Å². The number of ether oxygens (including phenoxy) is 2. The second-order valence-corrected chi connectivity index (χ2v) is 4.73. The Bertz CT molecular complexity index is 378. The molecule has 4 heteroatoms. The predicted molar refractivity (Wildman–Crippen MR) is 68.7 cm³/mol. The van der Waals surface area contributed by atoms with Crippen LogP contribution >= 0.6 is 11.6 Å². The van der Waals surface area contributed by atoms with Crippen molar-refractivity contribution in [3.63, 3.8) is 0 Å². The van der Waals surface area contributed by atoms with Gasteiger partial charge in [-0.2, -0.15) is 0 Å². The van der Waals surface area contributed by atoms with Crippen molar-refractivity contribution in [2.45, 2.75) is 31.5 Å². The maximum Gasteiger partial charge on any atom is 0.124 e. The lowest BCUT2D eigenvalue weighted by Crippen LogP contribution is -2.44. The van der Waals surface area contributed by atoms with Crippen molar-refractivity contribution in [3.05, 3.63) is 28.8 Å². The molecule has 1 N–H and O–H groups in total.